The van der Waals surface area contributed by atoms with Crippen LogP contribution in [0, 0.1) is 13.8 Å². The molecule has 5 nitrogen and oxygen atoms in total. The fourth-order valence-electron chi connectivity index (χ4n) is 1.65. The van der Waals surface area contributed by atoms with Gasteiger partial charge in [0.25, 0.3) is 5.91 Å². The molecule has 0 aliphatic carbocycles. The van der Waals surface area contributed by atoms with E-state index in [9.17, 15) is 9.59 Å². The van der Waals surface area contributed by atoms with Crippen LogP contribution >= 0.6 is 0 Å². The van der Waals surface area contributed by atoms with Gasteiger partial charge in [-0.3, -0.25) is 14.4 Å². The average molecular weight is 210 g/mol. The summed E-state index contributed by atoms with van der Waals surface area (Å²) < 4.78 is 0. The summed E-state index contributed by atoms with van der Waals surface area (Å²) in [5, 5.41) is 0. The molecule has 0 radical (unpaired) electrons. The van der Waals surface area contributed by atoms with E-state index in [0.29, 0.717) is 22.5 Å². The summed E-state index contributed by atoms with van der Waals surface area (Å²) in [5.41, 5.74) is 4.47. The third kappa shape index (κ3) is 2.07. The zero-order chi connectivity index (χ0) is 11.6. The van der Waals surface area contributed by atoms with Crippen LogP contribution in [0.5, 0.6) is 0 Å². The molecule has 1 heterocycles. The quantitative estimate of drug-likeness (QED) is 0.580. The number of nitrogens with one attached hydrogen (secondary N) is 2. The van der Waals surface area contributed by atoms with Crippen LogP contribution in [0.3, 0.4) is 0 Å². The van der Waals surface area contributed by atoms with Gasteiger partial charge in [-0.2, -0.15) is 0 Å². The van der Waals surface area contributed by atoms with E-state index in [1.165, 1.54) is 14.0 Å². The van der Waals surface area contributed by atoms with Gasteiger partial charge in [0.1, 0.15) is 5.69 Å². The number of Topliss-reactive ketones (excluding diaryl/α,β-unsaturated/α-hetero) is 1. The second kappa shape index (κ2) is 4.27. The Morgan fingerprint density at radius 1 is 1.33 bits per heavy atom. The molecule has 0 spiro atoms. The monoisotopic (exact) mass is 210 g/mol. The van der Waals surface area contributed by atoms with E-state index >= 15 is 0 Å². The Balaban J connectivity index is 3.17. The van der Waals surface area contributed by atoms with Crippen LogP contribution in [0.15, 0.2) is 0 Å². The van der Waals surface area contributed by atoms with Crippen LogP contribution in [-0.4, -0.2) is 23.8 Å². The van der Waals surface area contributed by atoms with Crippen molar-refractivity contribution in [2.75, 3.05) is 7.11 Å². The minimum atomic E-state index is -0.384. The third-order valence-electron chi connectivity index (χ3n) is 2.21. The van der Waals surface area contributed by atoms with E-state index in [4.69, 9.17) is 0 Å². The van der Waals surface area contributed by atoms with Crippen molar-refractivity contribution in [1.29, 1.82) is 0 Å². The van der Waals surface area contributed by atoms with Gasteiger partial charge in [0.2, 0.25) is 0 Å². The lowest BCUT2D eigenvalue weighted by molar-refractivity contribution is 0.0532. The smallest absolute Gasteiger partial charge is 0.291 e. The zero-order valence-electron chi connectivity index (χ0n) is 9.22. The van der Waals surface area contributed by atoms with E-state index in [1.54, 1.807) is 13.8 Å². The van der Waals surface area contributed by atoms with Crippen LogP contribution in [-0.2, 0) is 4.84 Å². The number of carbonyl (C=O) groups is 2. The van der Waals surface area contributed by atoms with Crippen LogP contribution in [0.1, 0.15) is 39.0 Å². The predicted octanol–water partition coefficient (Wildman–Crippen LogP) is 1.13. The molecule has 0 aliphatic heterocycles. The van der Waals surface area contributed by atoms with Crippen molar-refractivity contribution in [3.8, 4) is 0 Å². The number of ketones is 1. The van der Waals surface area contributed by atoms with Crippen molar-refractivity contribution in [3.63, 3.8) is 0 Å². The van der Waals surface area contributed by atoms with Crippen molar-refractivity contribution >= 4 is 11.7 Å². The summed E-state index contributed by atoms with van der Waals surface area (Å²) >= 11 is 0. The van der Waals surface area contributed by atoms with Gasteiger partial charge < -0.3 is 4.98 Å². The second-order valence-corrected chi connectivity index (χ2v) is 3.32. The number of hydroxylamine groups is 1. The summed E-state index contributed by atoms with van der Waals surface area (Å²) in [6, 6.07) is 0. The van der Waals surface area contributed by atoms with Gasteiger partial charge in [-0.25, -0.2) is 5.48 Å². The first-order valence-corrected chi connectivity index (χ1v) is 4.52. The summed E-state index contributed by atoms with van der Waals surface area (Å²) in [4.78, 5) is 30.2. The van der Waals surface area contributed by atoms with Crippen molar-refractivity contribution in [2.45, 2.75) is 20.8 Å². The zero-order valence-corrected chi connectivity index (χ0v) is 9.22. The molecule has 0 aromatic carbocycles. The lowest BCUT2D eigenvalue weighted by Gasteiger charge is -2.00. The topological polar surface area (TPSA) is 71.2 Å². The highest BCUT2D eigenvalue weighted by Gasteiger charge is 2.19. The molecule has 1 rings (SSSR count). The SMILES string of the molecule is CONC(=O)c1[nH]c(C)c(C(C)=O)c1C. The molecule has 5 heteroatoms. The molecule has 0 saturated carbocycles. The molecule has 0 aliphatic rings. The molecular weight excluding hydrogens is 196 g/mol. The van der Waals surface area contributed by atoms with Gasteiger partial charge in [-0.05, 0) is 26.3 Å². The minimum Gasteiger partial charge on any atom is -0.354 e. The van der Waals surface area contributed by atoms with Crippen molar-refractivity contribution in [1.82, 2.24) is 10.5 Å². The molecule has 15 heavy (non-hydrogen) atoms. The highest BCUT2D eigenvalue weighted by molar-refractivity contribution is 6.02. The van der Waals surface area contributed by atoms with Crippen molar-refractivity contribution in [3.05, 3.63) is 22.5 Å². The Kier molecular flexibility index (Phi) is 3.26. The molecule has 82 valence electrons. The number of aryl methyl sites for hydroxylation is 1. The van der Waals surface area contributed by atoms with Gasteiger partial charge in [-0.15, -0.1) is 0 Å². The van der Waals surface area contributed by atoms with Gasteiger partial charge in [0.05, 0.1) is 7.11 Å². The summed E-state index contributed by atoms with van der Waals surface area (Å²) in [6.45, 7) is 4.96. The second-order valence-electron chi connectivity index (χ2n) is 3.32. The summed E-state index contributed by atoms with van der Waals surface area (Å²) in [5.74, 6) is -0.441. The maximum absolute atomic E-state index is 11.5. The van der Waals surface area contributed by atoms with Gasteiger partial charge >= 0.3 is 0 Å². The van der Waals surface area contributed by atoms with Crippen molar-refractivity contribution < 1.29 is 14.4 Å². The van der Waals surface area contributed by atoms with Crippen LogP contribution in [0.4, 0.5) is 0 Å². The Hall–Kier alpha value is -1.62. The number of amides is 1. The molecular formula is C10H14N2O3. The Labute approximate surface area is 87.8 Å². The van der Waals surface area contributed by atoms with Crippen LogP contribution in [0.25, 0.3) is 0 Å². The van der Waals surface area contributed by atoms with Gasteiger partial charge in [-0.1, -0.05) is 0 Å². The fraction of sp³-hybridized carbons (Fsp3) is 0.400. The molecule has 0 saturated heterocycles. The number of carbonyl (C=O) groups excluding carboxylic acids is 2. The number of hydrogen-bond acceptors (Lipinski definition) is 3. The molecule has 0 fully saturated rings. The van der Waals surface area contributed by atoms with Gasteiger partial charge in [0, 0.05) is 11.3 Å². The normalized spacial score (nSPS) is 10.1. The van der Waals surface area contributed by atoms with Crippen LogP contribution in [0.2, 0.25) is 0 Å². The maximum Gasteiger partial charge on any atom is 0.291 e. The molecule has 0 atom stereocenters. The third-order valence-corrected chi connectivity index (χ3v) is 2.21. The van der Waals surface area contributed by atoms with Crippen LogP contribution < -0.4 is 5.48 Å². The Morgan fingerprint density at radius 2 is 1.93 bits per heavy atom. The van der Waals surface area contributed by atoms with Crippen molar-refractivity contribution in [2.24, 2.45) is 0 Å². The van der Waals surface area contributed by atoms with E-state index in [-0.39, 0.29) is 11.7 Å². The average Bonchev–Trinajstić information content (AvgIpc) is 2.42. The molecule has 2 N–H and O–H groups in total. The first-order valence-electron chi connectivity index (χ1n) is 4.52. The number of H-pyrrole nitrogens is 1. The number of aromatic nitrogens is 1. The lowest BCUT2D eigenvalue weighted by atomic mass is 10.1. The Bertz CT molecular complexity index is 407. The number of rotatable bonds is 3. The Morgan fingerprint density at radius 3 is 2.33 bits per heavy atom. The number of hydrogen-bond donors (Lipinski definition) is 2. The first kappa shape index (κ1) is 11.5. The van der Waals surface area contributed by atoms with E-state index in [0.717, 1.165) is 0 Å². The minimum absolute atomic E-state index is 0.0577. The maximum atomic E-state index is 11.5. The first-order chi connectivity index (χ1) is 6.99. The highest BCUT2D eigenvalue weighted by atomic mass is 16.6. The lowest BCUT2D eigenvalue weighted by Crippen LogP contribution is -2.23. The molecule has 0 unspecified atom stereocenters. The highest BCUT2D eigenvalue weighted by Crippen LogP contribution is 2.18. The van der Waals surface area contributed by atoms with E-state index in [1.807, 2.05) is 0 Å². The molecule has 0 bridgehead atoms. The summed E-state index contributed by atoms with van der Waals surface area (Å²) in [6.07, 6.45) is 0. The van der Waals surface area contributed by atoms with Gasteiger partial charge in [0.15, 0.2) is 5.78 Å². The van der Waals surface area contributed by atoms with E-state index in [2.05, 4.69) is 15.3 Å². The molecule has 1 aromatic rings. The largest absolute Gasteiger partial charge is 0.354 e. The number of aromatic amines is 1. The summed E-state index contributed by atoms with van der Waals surface area (Å²) in [7, 11) is 1.36. The van der Waals surface area contributed by atoms with E-state index < -0.39 is 0 Å². The predicted molar refractivity (Wildman–Crippen MR) is 54.7 cm³/mol. The molecule has 1 amide bonds. The molecule has 1 aromatic heterocycles. The standard InChI is InChI=1S/C10H14N2O3/c1-5-8(7(3)13)6(2)11-9(5)10(14)12-15-4/h11H,1-4H3,(H,12,14). The fourth-order valence-corrected chi connectivity index (χ4v) is 1.65.